The molecule has 5 nitrogen and oxygen atoms in total. The molecular formula is C25H36BrNO4. The molecule has 6 heteroatoms. The Bertz CT molecular complexity index is 702. The number of carbonyl (C=O) groups is 1. The first kappa shape index (κ1) is 24.4. The summed E-state index contributed by atoms with van der Waals surface area (Å²) >= 11 is 3.48. The second-order valence-electron chi connectivity index (χ2n) is 8.69. The summed E-state index contributed by atoms with van der Waals surface area (Å²) in [6, 6.07) is 8.41. The Balaban J connectivity index is 1.59. The molecule has 1 aromatic carbocycles. The van der Waals surface area contributed by atoms with Gasteiger partial charge in [-0.25, -0.2) is 0 Å². The zero-order valence-corrected chi connectivity index (χ0v) is 20.1. The Morgan fingerprint density at radius 1 is 1.16 bits per heavy atom. The summed E-state index contributed by atoms with van der Waals surface area (Å²) in [7, 11) is 1.42. The molecule has 3 rings (SSSR count). The van der Waals surface area contributed by atoms with Crippen LogP contribution in [0.4, 0.5) is 0 Å². The van der Waals surface area contributed by atoms with E-state index in [1.165, 1.54) is 26.4 Å². The van der Waals surface area contributed by atoms with Crippen LogP contribution in [0.15, 0.2) is 40.9 Å². The number of allylic oxidation sites excluding steroid dienone is 2. The van der Waals surface area contributed by atoms with Gasteiger partial charge in [-0.1, -0.05) is 46.6 Å². The molecule has 1 aromatic rings. The Labute approximate surface area is 194 Å². The van der Waals surface area contributed by atoms with Gasteiger partial charge in [0, 0.05) is 29.3 Å². The topological polar surface area (TPSA) is 59.0 Å². The molecule has 1 N–H and O–H groups in total. The van der Waals surface area contributed by atoms with Gasteiger partial charge in [0.2, 0.25) is 0 Å². The third-order valence-electron chi connectivity index (χ3n) is 6.55. The number of piperidine rings is 1. The lowest BCUT2D eigenvalue weighted by Gasteiger charge is -2.38. The second-order valence-corrected chi connectivity index (χ2v) is 9.61. The summed E-state index contributed by atoms with van der Waals surface area (Å²) in [5, 5.41) is 10.9. The number of hydrogen-bond acceptors (Lipinski definition) is 5. The highest BCUT2D eigenvalue weighted by Gasteiger charge is 2.45. The fraction of sp³-hybridized carbons (Fsp3) is 0.640. The lowest BCUT2D eigenvalue weighted by atomic mass is 9.92. The molecule has 2 fully saturated rings. The standard InChI is InChI=1S/C25H36BrNO4/c1-30-24(29)10-6-3-2-5-9-21-23(31-18-19-11-13-20(26)14-12-19)17-22(28)25(21)27-15-7-4-8-16-27/h2-3,11-14,21-23,25,28H,4-10,15-18H2,1H3/b3-2-/t21-,22-,23+,25+/m0/s1. The van der Waals surface area contributed by atoms with Crippen molar-refractivity contribution < 1.29 is 19.4 Å². The molecule has 1 saturated carbocycles. The first-order valence-corrected chi connectivity index (χ1v) is 12.4. The smallest absolute Gasteiger partial charge is 0.305 e. The predicted octanol–water partition coefficient (Wildman–Crippen LogP) is 4.86. The molecule has 0 radical (unpaired) electrons. The number of esters is 1. The van der Waals surface area contributed by atoms with Gasteiger partial charge in [0.1, 0.15) is 0 Å². The molecule has 4 atom stereocenters. The van der Waals surface area contributed by atoms with E-state index in [0.29, 0.717) is 31.8 Å². The van der Waals surface area contributed by atoms with Crippen LogP contribution in [0.1, 0.15) is 56.9 Å². The van der Waals surface area contributed by atoms with Gasteiger partial charge < -0.3 is 14.6 Å². The van der Waals surface area contributed by atoms with Gasteiger partial charge in [0.15, 0.2) is 0 Å². The minimum Gasteiger partial charge on any atom is -0.469 e. The average Bonchev–Trinajstić information content (AvgIpc) is 3.11. The number of aliphatic hydroxyl groups is 1. The zero-order valence-electron chi connectivity index (χ0n) is 18.5. The first-order chi connectivity index (χ1) is 15.1. The summed E-state index contributed by atoms with van der Waals surface area (Å²) in [6.07, 6.45) is 11.4. The van der Waals surface area contributed by atoms with Gasteiger partial charge in [-0.3, -0.25) is 9.69 Å². The highest BCUT2D eigenvalue weighted by Crippen LogP contribution is 2.37. The van der Waals surface area contributed by atoms with E-state index in [0.717, 1.165) is 36.0 Å². The van der Waals surface area contributed by atoms with Crippen molar-refractivity contribution in [1.82, 2.24) is 4.90 Å². The molecular weight excluding hydrogens is 458 g/mol. The van der Waals surface area contributed by atoms with Gasteiger partial charge in [-0.15, -0.1) is 0 Å². The van der Waals surface area contributed by atoms with Crippen LogP contribution in [0, 0.1) is 5.92 Å². The summed E-state index contributed by atoms with van der Waals surface area (Å²) < 4.78 is 12.1. The van der Waals surface area contributed by atoms with Crippen LogP contribution in [-0.2, 0) is 20.9 Å². The number of likely N-dealkylation sites (tertiary alicyclic amines) is 1. The number of ether oxygens (including phenoxy) is 2. The van der Waals surface area contributed by atoms with E-state index in [4.69, 9.17) is 4.74 Å². The maximum Gasteiger partial charge on any atom is 0.305 e. The van der Waals surface area contributed by atoms with Gasteiger partial charge in [0.25, 0.3) is 0 Å². The number of benzene rings is 1. The van der Waals surface area contributed by atoms with Crippen molar-refractivity contribution in [3.63, 3.8) is 0 Å². The van der Waals surface area contributed by atoms with Gasteiger partial charge in [-0.2, -0.15) is 0 Å². The molecule has 1 heterocycles. The molecule has 1 aliphatic heterocycles. The highest BCUT2D eigenvalue weighted by atomic mass is 79.9. The van der Waals surface area contributed by atoms with Crippen LogP contribution < -0.4 is 0 Å². The summed E-state index contributed by atoms with van der Waals surface area (Å²) in [5.74, 6) is 0.143. The first-order valence-electron chi connectivity index (χ1n) is 11.6. The lowest BCUT2D eigenvalue weighted by molar-refractivity contribution is -0.140. The summed E-state index contributed by atoms with van der Waals surface area (Å²) in [4.78, 5) is 13.8. The number of carbonyl (C=O) groups excluding carboxylic acids is 1. The molecule has 0 aromatic heterocycles. The molecule has 0 unspecified atom stereocenters. The van der Waals surface area contributed by atoms with Gasteiger partial charge in [-0.05, 0) is 62.9 Å². The Morgan fingerprint density at radius 3 is 2.58 bits per heavy atom. The normalized spacial score (nSPS) is 27.1. The maximum atomic E-state index is 11.2. The number of halogens is 1. The van der Waals surface area contributed by atoms with E-state index in [1.807, 2.05) is 12.1 Å². The third-order valence-corrected chi connectivity index (χ3v) is 7.08. The Kier molecular flexibility index (Phi) is 10.0. The van der Waals surface area contributed by atoms with Gasteiger partial charge in [0.05, 0.1) is 25.9 Å². The monoisotopic (exact) mass is 493 g/mol. The van der Waals surface area contributed by atoms with Crippen LogP contribution in [0.25, 0.3) is 0 Å². The average molecular weight is 494 g/mol. The molecule has 31 heavy (non-hydrogen) atoms. The van der Waals surface area contributed by atoms with Crippen molar-refractivity contribution in [3.05, 3.63) is 46.5 Å². The second kappa shape index (κ2) is 12.7. The van der Waals surface area contributed by atoms with E-state index in [9.17, 15) is 9.90 Å². The van der Waals surface area contributed by atoms with Crippen molar-refractivity contribution in [2.24, 2.45) is 5.92 Å². The van der Waals surface area contributed by atoms with Crippen molar-refractivity contribution >= 4 is 21.9 Å². The van der Waals surface area contributed by atoms with Gasteiger partial charge >= 0.3 is 5.97 Å². The largest absolute Gasteiger partial charge is 0.469 e. The van der Waals surface area contributed by atoms with Crippen LogP contribution in [0.5, 0.6) is 0 Å². The fourth-order valence-corrected chi connectivity index (χ4v) is 5.21. The number of methoxy groups -OCH3 is 1. The van der Waals surface area contributed by atoms with E-state index < -0.39 is 0 Å². The molecule has 0 spiro atoms. The molecule has 0 bridgehead atoms. The van der Waals surface area contributed by atoms with Crippen LogP contribution in [0.3, 0.4) is 0 Å². The molecule has 1 aliphatic carbocycles. The number of rotatable bonds is 10. The molecule has 1 saturated heterocycles. The minimum absolute atomic E-state index is 0.0639. The SMILES string of the molecule is COC(=O)CC/C=C\CC[C@@H]1[C@@H](N2CCCCC2)[C@@H](O)C[C@H]1OCc1ccc(Br)cc1. The van der Waals surface area contributed by atoms with E-state index in [2.05, 4.69) is 49.9 Å². The van der Waals surface area contributed by atoms with E-state index >= 15 is 0 Å². The van der Waals surface area contributed by atoms with Crippen LogP contribution in [0.2, 0.25) is 0 Å². The van der Waals surface area contributed by atoms with E-state index in [-0.39, 0.29) is 24.2 Å². The quantitative estimate of drug-likeness (QED) is 0.372. The number of nitrogens with zero attached hydrogens (tertiary/aromatic N) is 1. The fourth-order valence-electron chi connectivity index (χ4n) is 4.95. The molecule has 2 aliphatic rings. The van der Waals surface area contributed by atoms with Crippen molar-refractivity contribution in [2.75, 3.05) is 20.2 Å². The third kappa shape index (κ3) is 7.41. The molecule has 172 valence electrons. The minimum atomic E-state index is -0.332. The Morgan fingerprint density at radius 2 is 1.87 bits per heavy atom. The summed E-state index contributed by atoms with van der Waals surface area (Å²) in [5.41, 5.74) is 1.15. The number of aliphatic hydroxyl groups excluding tert-OH is 1. The predicted molar refractivity (Wildman–Crippen MR) is 126 cm³/mol. The lowest BCUT2D eigenvalue weighted by Crippen LogP contribution is -2.47. The highest BCUT2D eigenvalue weighted by molar-refractivity contribution is 9.10. The van der Waals surface area contributed by atoms with Crippen molar-refractivity contribution in [2.45, 2.75) is 76.2 Å². The van der Waals surface area contributed by atoms with Crippen molar-refractivity contribution in [3.8, 4) is 0 Å². The summed E-state index contributed by atoms with van der Waals surface area (Å²) in [6.45, 7) is 2.72. The van der Waals surface area contributed by atoms with Crippen LogP contribution in [-0.4, -0.2) is 54.4 Å². The van der Waals surface area contributed by atoms with E-state index in [1.54, 1.807) is 0 Å². The van der Waals surface area contributed by atoms with Crippen LogP contribution >= 0.6 is 15.9 Å². The number of hydrogen-bond donors (Lipinski definition) is 1. The molecule has 0 amide bonds. The van der Waals surface area contributed by atoms with Crippen molar-refractivity contribution in [1.29, 1.82) is 0 Å². The zero-order chi connectivity index (χ0) is 22.1. The maximum absolute atomic E-state index is 11.2. The Hall–Kier alpha value is -1.21.